The minimum Gasteiger partial charge on any atom is -0.393 e. The monoisotopic (exact) mass is 293 g/mol. The van der Waals surface area contributed by atoms with Gasteiger partial charge in [0.25, 0.3) is 0 Å². The summed E-state index contributed by atoms with van der Waals surface area (Å²) in [5.74, 6) is 0.767. The predicted octanol–water partition coefficient (Wildman–Crippen LogP) is 2.79. The number of likely N-dealkylation sites (tertiary alicyclic amines) is 1. The number of nitrogens with zero attached hydrogens (tertiary/aromatic N) is 1. The molecule has 2 heterocycles. The fourth-order valence-electron chi connectivity index (χ4n) is 3.57. The molecule has 3 rings (SSSR count). The van der Waals surface area contributed by atoms with E-state index in [1.165, 1.54) is 10.4 Å². The molecule has 0 bridgehead atoms. The van der Waals surface area contributed by atoms with E-state index in [4.69, 9.17) is 0 Å². The smallest absolute Gasteiger partial charge is 0.230 e. The van der Waals surface area contributed by atoms with Crippen molar-refractivity contribution in [2.45, 2.75) is 51.0 Å². The quantitative estimate of drug-likeness (QED) is 0.911. The van der Waals surface area contributed by atoms with Crippen LogP contribution in [0.5, 0.6) is 0 Å². The summed E-state index contributed by atoms with van der Waals surface area (Å²) >= 11 is 1.79. The van der Waals surface area contributed by atoms with Gasteiger partial charge in [-0.15, -0.1) is 11.3 Å². The standard InChI is InChI=1S/C16H23NO2S/c1-11(18)12-5-8-17(9-6-12)16(19)14-3-2-4-15-13(14)7-10-20-15/h7,10-12,14,18H,2-6,8-9H2,1H3. The SMILES string of the molecule is CC(O)C1CCN(C(=O)C2CCCc3sccc32)CC1. The molecule has 110 valence electrons. The van der Waals surface area contributed by atoms with E-state index in [2.05, 4.69) is 11.4 Å². The van der Waals surface area contributed by atoms with Gasteiger partial charge in [-0.05, 0) is 62.0 Å². The molecule has 2 aliphatic rings. The number of aliphatic hydroxyl groups excluding tert-OH is 1. The summed E-state index contributed by atoms with van der Waals surface area (Å²) < 4.78 is 0. The maximum atomic E-state index is 12.8. The first-order chi connectivity index (χ1) is 9.66. The van der Waals surface area contributed by atoms with E-state index < -0.39 is 0 Å². The highest BCUT2D eigenvalue weighted by Crippen LogP contribution is 2.36. The molecular weight excluding hydrogens is 270 g/mol. The van der Waals surface area contributed by atoms with Crippen molar-refractivity contribution in [1.82, 2.24) is 4.90 Å². The molecule has 0 spiro atoms. The molecule has 1 aromatic rings. The second kappa shape index (κ2) is 5.86. The minimum absolute atomic E-state index is 0.0908. The van der Waals surface area contributed by atoms with E-state index in [1.54, 1.807) is 11.3 Å². The molecule has 1 amide bonds. The molecule has 1 aliphatic carbocycles. The van der Waals surface area contributed by atoms with Crippen molar-refractivity contribution in [2.24, 2.45) is 5.92 Å². The van der Waals surface area contributed by atoms with Crippen LogP contribution in [0.4, 0.5) is 0 Å². The number of carbonyl (C=O) groups excluding carboxylic acids is 1. The average Bonchev–Trinajstić information content (AvgIpc) is 2.95. The van der Waals surface area contributed by atoms with Crippen LogP contribution in [-0.4, -0.2) is 35.1 Å². The van der Waals surface area contributed by atoms with Crippen LogP contribution in [0.3, 0.4) is 0 Å². The zero-order chi connectivity index (χ0) is 14.1. The maximum absolute atomic E-state index is 12.8. The highest BCUT2D eigenvalue weighted by molar-refractivity contribution is 7.10. The maximum Gasteiger partial charge on any atom is 0.230 e. The topological polar surface area (TPSA) is 40.5 Å². The largest absolute Gasteiger partial charge is 0.393 e. The Hall–Kier alpha value is -0.870. The van der Waals surface area contributed by atoms with Gasteiger partial charge in [-0.2, -0.15) is 0 Å². The molecule has 20 heavy (non-hydrogen) atoms. The first-order valence-corrected chi connectivity index (χ1v) is 8.58. The van der Waals surface area contributed by atoms with Crippen LogP contribution in [0.15, 0.2) is 11.4 Å². The van der Waals surface area contributed by atoms with Crippen LogP contribution < -0.4 is 0 Å². The molecule has 1 saturated heterocycles. The van der Waals surface area contributed by atoms with Crippen molar-refractivity contribution < 1.29 is 9.90 Å². The molecule has 1 fully saturated rings. The van der Waals surface area contributed by atoms with Gasteiger partial charge in [-0.25, -0.2) is 0 Å². The molecule has 0 radical (unpaired) electrons. The Bertz CT molecular complexity index is 475. The van der Waals surface area contributed by atoms with Crippen molar-refractivity contribution >= 4 is 17.2 Å². The molecule has 4 heteroatoms. The summed E-state index contributed by atoms with van der Waals surface area (Å²) in [5.41, 5.74) is 1.28. The number of hydrogen-bond acceptors (Lipinski definition) is 3. The van der Waals surface area contributed by atoms with Gasteiger partial charge < -0.3 is 10.0 Å². The van der Waals surface area contributed by atoms with Gasteiger partial charge in [0.05, 0.1) is 12.0 Å². The third kappa shape index (κ3) is 2.63. The van der Waals surface area contributed by atoms with Crippen molar-refractivity contribution in [3.8, 4) is 0 Å². The van der Waals surface area contributed by atoms with Gasteiger partial charge in [-0.1, -0.05) is 0 Å². The lowest BCUT2D eigenvalue weighted by Crippen LogP contribution is -2.43. The van der Waals surface area contributed by atoms with Gasteiger partial charge >= 0.3 is 0 Å². The van der Waals surface area contributed by atoms with E-state index in [-0.39, 0.29) is 12.0 Å². The summed E-state index contributed by atoms with van der Waals surface area (Å²) in [7, 11) is 0. The number of rotatable bonds is 2. The Balaban J connectivity index is 1.66. The Morgan fingerprint density at radius 2 is 2.15 bits per heavy atom. The first-order valence-electron chi connectivity index (χ1n) is 7.70. The van der Waals surface area contributed by atoms with E-state index in [0.717, 1.165) is 45.2 Å². The Morgan fingerprint density at radius 1 is 1.40 bits per heavy atom. The summed E-state index contributed by atoms with van der Waals surface area (Å²) in [6.45, 7) is 3.48. The summed E-state index contributed by atoms with van der Waals surface area (Å²) in [4.78, 5) is 16.2. The number of piperidine rings is 1. The van der Waals surface area contributed by atoms with Gasteiger partial charge in [0.1, 0.15) is 0 Å². The van der Waals surface area contributed by atoms with Crippen molar-refractivity contribution in [3.63, 3.8) is 0 Å². The van der Waals surface area contributed by atoms with Gasteiger partial charge in [-0.3, -0.25) is 4.79 Å². The third-order valence-electron chi connectivity index (χ3n) is 4.88. The average molecular weight is 293 g/mol. The van der Waals surface area contributed by atoms with E-state index in [9.17, 15) is 9.90 Å². The highest BCUT2D eigenvalue weighted by atomic mass is 32.1. The molecule has 1 N–H and O–H groups in total. The van der Waals surface area contributed by atoms with Crippen molar-refractivity contribution in [2.75, 3.05) is 13.1 Å². The first kappa shape index (κ1) is 14.1. The number of hydrogen-bond donors (Lipinski definition) is 1. The molecule has 3 nitrogen and oxygen atoms in total. The number of fused-ring (bicyclic) bond motifs is 1. The van der Waals surface area contributed by atoms with Gasteiger partial charge in [0, 0.05) is 18.0 Å². The number of aryl methyl sites for hydroxylation is 1. The number of thiophene rings is 1. The molecule has 1 aromatic heterocycles. The predicted molar refractivity (Wildman–Crippen MR) is 81.0 cm³/mol. The third-order valence-corrected chi connectivity index (χ3v) is 5.88. The van der Waals surface area contributed by atoms with Crippen LogP contribution in [0, 0.1) is 5.92 Å². The highest BCUT2D eigenvalue weighted by Gasteiger charge is 2.33. The van der Waals surface area contributed by atoms with E-state index >= 15 is 0 Å². The number of carbonyl (C=O) groups is 1. The lowest BCUT2D eigenvalue weighted by Gasteiger charge is -2.36. The number of aliphatic hydroxyl groups is 1. The van der Waals surface area contributed by atoms with Crippen LogP contribution in [0.2, 0.25) is 0 Å². The minimum atomic E-state index is -0.245. The zero-order valence-corrected chi connectivity index (χ0v) is 12.9. The van der Waals surface area contributed by atoms with Crippen LogP contribution >= 0.6 is 11.3 Å². The molecule has 1 aliphatic heterocycles. The van der Waals surface area contributed by atoms with Crippen molar-refractivity contribution in [3.05, 3.63) is 21.9 Å². The summed E-state index contributed by atoms with van der Waals surface area (Å²) in [6.07, 6.45) is 4.90. The summed E-state index contributed by atoms with van der Waals surface area (Å²) in [5, 5.41) is 11.8. The van der Waals surface area contributed by atoms with Gasteiger partial charge in [0.15, 0.2) is 0 Å². The fourth-order valence-corrected chi connectivity index (χ4v) is 4.55. The lowest BCUT2D eigenvalue weighted by atomic mass is 9.85. The molecular formula is C16H23NO2S. The van der Waals surface area contributed by atoms with Gasteiger partial charge in [0.2, 0.25) is 5.91 Å². The van der Waals surface area contributed by atoms with Crippen LogP contribution in [0.1, 0.15) is 49.0 Å². The second-order valence-electron chi connectivity index (χ2n) is 6.15. The normalized spacial score (nSPS) is 25.3. The van der Waals surface area contributed by atoms with Crippen molar-refractivity contribution in [1.29, 1.82) is 0 Å². The van der Waals surface area contributed by atoms with Crippen LogP contribution in [0.25, 0.3) is 0 Å². The molecule has 2 atom stereocenters. The van der Waals surface area contributed by atoms with E-state index in [1.807, 2.05) is 11.8 Å². The molecule has 2 unspecified atom stereocenters. The molecule has 0 saturated carbocycles. The Labute approximate surface area is 124 Å². The van der Waals surface area contributed by atoms with E-state index in [0.29, 0.717) is 11.8 Å². The Morgan fingerprint density at radius 3 is 2.85 bits per heavy atom. The number of amides is 1. The zero-order valence-electron chi connectivity index (χ0n) is 12.0. The van der Waals surface area contributed by atoms with Crippen LogP contribution in [-0.2, 0) is 11.2 Å². The summed E-state index contributed by atoms with van der Waals surface area (Å²) in [6, 6.07) is 2.14. The second-order valence-corrected chi connectivity index (χ2v) is 7.15. The fraction of sp³-hybridized carbons (Fsp3) is 0.688. The lowest BCUT2D eigenvalue weighted by molar-refractivity contribution is -0.135. The Kier molecular flexibility index (Phi) is 4.13. The molecule has 0 aromatic carbocycles.